The van der Waals surface area contributed by atoms with E-state index in [2.05, 4.69) is 9.51 Å². The van der Waals surface area contributed by atoms with Crippen molar-refractivity contribution in [3.63, 3.8) is 0 Å². The predicted molar refractivity (Wildman–Crippen MR) is 102 cm³/mol. The summed E-state index contributed by atoms with van der Waals surface area (Å²) in [5.41, 5.74) is -1.07. The molecular formula is C15H24N2NaO12P. The van der Waals surface area contributed by atoms with Gasteiger partial charge in [-0.15, -0.1) is 0 Å². The van der Waals surface area contributed by atoms with Crippen LogP contribution in [0, 0.1) is 6.92 Å². The Bertz CT molecular complexity index is 939. The van der Waals surface area contributed by atoms with Crippen LogP contribution in [0.25, 0.3) is 0 Å². The summed E-state index contributed by atoms with van der Waals surface area (Å²) >= 11 is 0. The van der Waals surface area contributed by atoms with Crippen LogP contribution in [0.15, 0.2) is 15.8 Å². The van der Waals surface area contributed by atoms with E-state index in [0.717, 1.165) is 4.57 Å². The number of aliphatic hydroxyl groups is 4. The second kappa shape index (κ2) is 10.2. The Balaban J connectivity index is 0.00000341. The molecule has 0 radical (unpaired) electrons. The number of phosphoric acid groups is 1. The molecule has 31 heavy (non-hydrogen) atoms. The summed E-state index contributed by atoms with van der Waals surface area (Å²) in [6, 6.07) is 0. The van der Waals surface area contributed by atoms with Crippen molar-refractivity contribution in [2.75, 3.05) is 13.2 Å². The zero-order valence-corrected chi connectivity index (χ0v) is 16.7. The van der Waals surface area contributed by atoms with E-state index < -0.39 is 75.3 Å². The Morgan fingerprint density at radius 3 is 2.61 bits per heavy atom. The fraction of sp³-hybridized carbons (Fsp3) is 0.733. The van der Waals surface area contributed by atoms with Crippen LogP contribution in [0.2, 0.25) is 0 Å². The Morgan fingerprint density at radius 2 is 2.00 bits per heavy atom. The molecule has 1 unspecified atom stereocenters. The van der Waals surface area contributed by atoms with Gasteiger partial charge in [-0.25, -0.2) is 13.9 Å². The van der Waals surface area contributed by atoms with Gasteiger partial charge in [0, 0.05) is 18.2 Å². The number of ether oxygens (including phenoxy) is 2. The SMILES string of the molecule is Cc1cn([C@H]2C[C@H](O)[C@@H](COP(=O)(O)O[C@]3(O)C[C@H](O)[C@@H](CO)O3)O2)c(=O)[nH]c1=O.[NaH]. The van der Waals surface area contributed by atoms with Gasteiger partial charge in [0.15, 0.2) is 0 Å². The van der Waals surface area contributed by atoms with E-state index in [9.17, 15) is 34.4 Å². The molecule has 0 aromatic carbocycles. The standard InChI is InChI=1S/C15H23N2O12P.Na.H/c1-7-4-17(14(22)16-13(7)21)12-2-8(19)11(27-12)6-26-30(24,25)29-15(23)3-9(20)10(5-18)28-15;;/h4,8-12,18-20,23H,2-3,5-6H2,1H3,(H,24,25)(H,16,21,22);;/t8-,9-,10+,11+,12+,15-;;/m0../s1. The average Bonchev–Trinajstić information content (AvgIpc) is 3.14. The van der Waals surface area contributed by atoms with Gasteiger partial charge < -0.3 is 34.8 Å². The number of hydrogen-bond acceptors (Lipinski definition) is 11. The zero-order valence-electron chi connectivity index (χ0n) is 15.8. The summed E-state index contributed by atoms with van der Waals surface area (Å²) in [5, 5.41) is 38.8. The van der Waals surface area contributed by atoms with Crippen LogP contribution >= 0.6 is 7.82 Å². The molecule has 2 fully saturated rings. The summed E-state index contributed by atoms with van der Waals surface area (Å²) < 4.78 is 32.8. The van der Waals surface area contributed by atoms with Gasteiger partial charge in [-0.05, 0) is 6.92 Å². The summed E-state index contributed by atoms with van der Waals surface area (Å²) in [6.07, 6.45) is -5.22. The number of aromatic amines is 1. The van der Waals surface area contributed by atoms with Gasteiger partial charge in [0.25, 0.3) is 11.5 Å². The summed E-state index contributed by atoms with van der Waals surface area (Å²) in [7, 11) is -4.94. The van der Waals surface area contributed by atoms with Crippen molar-refractivity contribution in [1.82, 2.24) is 9.55 Å². The molecule has 0 bridgehead atoms. The molecule has 1 aromatic rings. The molecule has 1 aromatic heterocycles. The number of nitrogens with zero attached hydrogens (tertiary/aromatic N) is 1. The van der Waals surface area contributed by atoms with E-state index in [0.29, 0.717) is 0 Å². The summed E-state index contributed by atoms with van der Waals surface area (Å²) in [6.45, 7) is 0.176. The first kappa shape index (κ1) is 26.8. The maximum atomic E-state index is 12.1. The molecule has 3 heterocycles. The number of rotatable bonds is 7. The third-order valence-corrected chi connectivity index (χ3v) is 5.72. The van der Waals surface area contributed by atoms with E-state index in [1.54, 1.807) is 0 Å². The molecule has 16 heteroatoms. The molecule has 7 atom stereocenters. The first-order valence-electron chi connectivity index (χ1n) is 8.96. The van der Waals surface area contributed by atoms with E-state index >= 15 is 0 Å². The molecular weight excluding hydrogens is 454 g/mol. The molecule has 2 saturated heterocycles. The van der Waals surface area contributed by atoms with Gasteiger partial charge in [-0.3, -0.25) is 18.9 Å². The van der Waals surface area contributed by atoms with Crippen molar-refractivity contribution < 1.29 is 48.4 Å². The molecule has 0 amide bonds. The molecule has 3 rings (SSSR count). The van der Waals surface area contributed by atoms with Crippen molar-refractivity contribution in [1.29, 1.82) is 0 Å². The van der Waals surface area contributed by atoms with Crippen LogP contribution in [0.5, 0.6) is 0 Å². The molecule has 14 nitrogen and oxygen atoms in total. The quantitative estimate of drug-likeness (QED) is 0.130. The van der Waals surface area contributed by atoms with Crippen molar-refractivity contribution >= 4 is 37.4 Å². The van der Waals surface area contributed by atoms with Crippen molar-refractivity contribution in [3.05, 3.63) is 32.6 Å². The van der Waals surface area contributed by atoms with Crippen LogP contribution in [0.4, 0.5) is 0 Å². The number of nitrogens with one attached hydrogen (secondary N) is 1. The Hall–Kier alpha value is -0.450. The van der Waals surface area contributed by atoms with Crippen molar-refractivity contribution in [3.8, 4) is 0 Å². The first-order valence-corrected chi connectivity index (χ1v) is 10.5. The van der Waals surface area contributed by atoms with Crippen LogP contribution < -0.4 is 11.2 Å². The Kier molecular flexibility index (Phi) is 8.83. The normalized spacial score (nSPS) is 35.0. The maximum absolute atomic E-state index is 12.1. The Morgan fingerprint density at radius 1 is 1.32 bits per heavy atom. The molecule has 0 aliphatic carbocycles. The number of phosphoric ester groups is 1. The van der Waals surface area contributed by atoms with Crippen LogP contribution in [-0.2, 0) is 23.1 Å². The number of hydrogen-bond donors (Lipinski definition) is 6. The zero-order chi connectivity index (χ0) is 22.3. The monoisotopic (exact) mass is 478 g/mol. The van der Waals surface area contributed by atoms with Gasteiger partial charge in [0.05, 0.1) is 31.8 Å². The van der Waals surface area contributed by atoms with Crippen molar-refractivity contribution in [2.24, 2.45) is 0 Å². The van der Waals surface area contributed by atoms with Crippen LogP contribution in [-0.4, -0.2) is 108 Å². The summed E-state index contributed by atoms with van der Waals surface area (Å²) in [5.74, 6) is -2.66. The van der Waals surface area contributed by atoms with E-state index in [1.807, 2.05) is 0 Å². The van der Waals surface area contributed by atoms with Crippen LogP contribution in [0.1, 0.15) is 24.6 Å². The average molecular weight is 478 g/mol. The molecule has 2 aliphatic rings. The van der Waals surface area contributed by atoms with Gasteiger partial charge in [0.1, 0.15) is 18.4 Å². The second-order valence-corrected chi connectivity index (χ2v) is 8.47. The molecule has 2 aliphatic heterocycles. The minimum absolute atomic E-state index is 0. The molecule has 0 saturated carbocycles. The minimum atomic E-state index is -4.94. The third kappa shape index (κ3) is 6.32. The summed E-state index contributed by atoms with van der Waals surface area (Å²) in [4.78, 5) is 35.3. The van der Waals surface area contributed by atoms with Gasteiger partial charge >= 0.3 is 43.1 Å². The van der Waals surface area contributed by atoms with Gasteiger partial charge in [-0.1, -0.05) is 0 Å². The van der Waals surface area contributed by atoms with E-state index in [4.69, 9.17) is 19.1 Å². The number of H-pyrrole nitrogens is 1. The molecule has 6 N–H and O–H groups in total. The number of aliphatic hydroxyl groups excluding tert-OH is 3. The second-order valence-electron chi connectivity index (χ2n) is 7.09. The van der Waals surface area contributed by atoms with E-state index in [1.165, 1.54) is 13.1 Å². The molecule has 172 valence electrons. The Labute approximate surface area is 197 Å². The van der Waals surface area contributed by atoms with Gasteiger partial charge in [-0.2, -0.15) is 0 Å². The van der Waals surface area contributed by atoms with Crippen molar-refractivity contribution in [2.45, 2.75) is 56.4 Å². The first-order chi connectivity index (χ1) is 13.9. The van der Waals surface area contributed by atoms with Crippen LogP contribution in [0.3, 0.4) is 0 Å². The fourth-order valence-electron chi connectivity index (χ4n) is 3.19. The predicted octanol–water partition coefficient (Wildman–Crippen LogP) is -3.23. The van der Waals surface area contributed by atoms with E-state index in [-0.39, 0.29) is 41.5 Å². The number of aromatic nitrogens is 2. The van der Waals surface area contributed by atoms with Gasteiger partial charge in [0.2, 0.25) is 0 Å². The fourth-order valence-corrected chi connectivity index (χ4v) is 4.05. The molecule has 0 spiro atoms. The topological polar surface area (TPSA) is 210 Å². The third-order valence-electron chi connectivity index (χ3n) is 4.73. The number of aryl methyl sites for hydroxylation is 1.